The van der Waals surface area contributed by atoms with Gasteiger partial charge in [0.25, 0.3) is 0 Å². The zero-order chi connectivity index (χ0) is 23.5. The summed E-state index contributed by atoms with van der Waals surface area (Å²) < 4.78 is 0. The minimum absolute atomic E-state index is 0.00645. The van der Waals surface area contributed by atoms with E-state index in [2.05, 4.69) is 0 Å². The molecule has 0 atom stereocenters. The monoisotopic (exact) mass is 436 g/mol. The molecule has 4 rings (SSSR count). The first kappa shape index (κ1) is 21.7. The maximum Gasteiger partial charge on any atom is 0.335 e. The van der Waals surface area contributed by atoms with Crippen molar-refractivity contribution in [3.8, 4) is 33.4 Å². The van der Waals surface area contributed by atoms with Crippen LogP contribution < -0.4 is 0 Å². The number of ketones is 1. The van der Waals surface area contributed by atoms with E-state index in [1.165, 1.54) is 6.92 Å². The van der Waals surface area contributed by atoms with Crippen LogP contribution in [0.3, 0.4) is 0 Å². The Hall–Kier alpha value is -4.51. The van der Waals surface area contributed by atoms with Crippen molar-refractivity contribution in [2.45, 2.75) is 6.92 Å². The zero-order valence-electron chi connectivity index (χ0n) is 17.8. The van der Waals surface area contributed by atoms with Gasteiger partial charge in [0.05, 0.1) is 11.1 Å². The Morgan fingerprint density at radius 3 is 0.970 bits per heavy atom. The van der Waals surface area contributed by atoms with Crippen molar-refractivity contribution in [3.05, 3.63) is 108 Å². The number of aromatic carboxylic acids is 2. The highest BCUT2D eigenvalue weighted by Crippen LogP contribution is 2.33. The third-order valence-electron chi connectivity index (χ3n) is 5.49. The maximum absolute atomic E-state index is 11.6. The minimum atomic E-state index is -0.986. The van der Waals surface area contributed by atoms with E-state index < -0.39 is 11.9 Å². The van der Waals surface area contributed by atoms with Gasteiger partial charge in [-0.2, -0.15) is 0 Å². The summed E-state index contributed by atoms with van der Waals surface area (Å²) in [7, 11) is 0. The van der Waals surface area contributed by atoms with Crippen LogP contribution in [0.25, 0.3) is 33.4 Å². The number of carboxylic acids is 2. The van der Waals surface area contributed by atoms with Gasteiger partial charge in [0.1, 0.15) is 0 Å². The predicted molar refractivity (Wildman–Crippen MR) is 127 cm³/mol. The molecule has 0 spiro atoms. The Labute approximate surface area is 190 Å². The lowest BCUT2D eigenvalue weighted by Gasteiger charge is -2.12. The fraction of sp³-hybridized carbons (Fsp3) is 0.0357. The highest BCUT2D eigenvalue weighted by atomic mass is 16.4. The van der Waals surface area contributed by atoms with Crippen molar-refractivity contribution in [2.24, 2.45) is 0 Å². The van der Waals surface area contributed by atoms with Crippen LogP contribution in [0, 0.1) is 0 Å². The normalized spacial score (nSPS) is 10.6. The quantitative estimate of drug-likeness (QED) is 0.347. The second kappa shape index (κ2) is 8.93. The number of carboxylic acid groups (broad SMARTS) is 2. The topological polar surface area (TPSA) is 91.7 Å². The van der Waals surface area contributed by atoms with E-state index in [4.69, 9.17) is 0 Å². The van der Waals surface area contributed by atoms with Gasteiger partial charge in [0, 0.05) is 5.56 Å². The van der Waals surface area contributed by atoms with Crippen LogP contribution in [0.4, 0.5) is 0 Å². The van der Waals surface area contributed by atoms with Crippen molar-refractivity contribution < 1.29 is 24.6 Å². The summed E-state index contributed by atoms with van der Waals surface area (Å²) in [6, 6.07) is 26.7. The van der Waals surface area contributed by atoms with Crippen molar-refractivity contribution in [1.82, 2.24) is 0 Å². The number of hydrogen-bond donors (Lipinski definition) is 2. The largest absolute Gasteiger partial charge is 0.478 e. The van der Waals surface area contributed by atoms with Crippen molar-refractivity contribution in [2.75, 3.05) is 0 Å². The third kappa shape index (κ3) is 4.72. The lowest BCUT2D eigenvalue weighted by atomic mass is 9.92. The molecule has 0 bridgehead atoms. The summed E-state index contributed by atoms with van der Waals surface area (Å²) >= 11 is 0. The van der Waals surface area contributed by atoms with Crippen LogP contribution in [-0.2, 0) is 0 Å². The smallest absolute Gasteiger partial charge is 0.335 e. The Morgan fingerprint density at radius 1 is 0.455 bits per heavy atom. The summed E-state index contributed by atoms with van der Waals surface area (Å²) in [5.41, 5.74) is 6.36. The van der Waals surface area contributed by atoms with Gasteiger partial charge >= 0.3 is 11.9 Å². The molecule has 0 aliphatic rings. The van der Waals surface area contributed by atoms with Gasteiger partial charge in [-0.05, 0) is 82.8 Å². The predicted octanol–water partition coefficient (Wildman–Crippen LogP) is 6.29. The number of carbonyl (C=O) groups excluding carboxylic acids is 1. The van der Waals surface area contributed by atoms with Gasteiger partial charge in [-0.25, -0.2) is 9.59 Å². The fourth-order valence-electron chi connectivity index (χ4n) is 3.64. The molecule has 0 unspecified atom stereocenters. The van der Waals surface area contributed by atoms with Gasteiger partial charge < -0.3 is 10.2 Å². The zero-order valence-corrected chi connectivity index (χ0v) is 17.8. The lowest BCUT2D eigenvalue weighted by Crippen LogP contribution is -1.96. The summed E-state index contributed by atoms with van der Waals surface area (Å²) in [5, 5.41) is 18.4. The Morgan fingerprint density at radius 2 is 0.727 bits per heavy atom. The second-order valence-corrected chi connectivity index (χ2v) is 7.70. The van der Waals surface area contributed by atoms with E-state index in [0.29, 0.717) is 5.56 Å². The summed E-state index contributed by atoms with van der Waals surface area (Å²) in [5.74, 6) is -1.98. The first-order valence-electron chi connectivity index (χ1n) is 10.3. The molecule has 2 N–H and O–H groups in total. The SMILES string of the molecule is CC(=O)c1ccc(-c2cc(-c3ccc(C(=O)O)cc3)cc(-c3ccc(C(=O)O)cc3)c2)cc1. The molecule has 0 fully saturated rings. The van der Waals surface area contributed by atoms with E-state index in [-0.39, 0.29) is 16.9 Å². The van der Waals surface area contributed by atoms with Crippen molar-refractivity contribution >= 4 is 17.7 Å². The standard InChI is InChI=1S/C28H20O5/c1-17(29)18-2-4-19(5-3-18)24-14-25(20-6-10-22(11-7-20)27(30)31)16-26(15-24)21-8-12-23(13-9-21)28(32)33/h2-16H,1H3,(H,30,31)(H,32,33). The molecule has 162 valence electrons. The van der Waals surface area contributed by atoms with Crippen LogP contribution in [-0.4, -0.2) is 27.9 Å². The molecule has 0 saturated heterocycles. The van der Waals surface area contributed by atoms with Crippen LogP contribution in [0.5, 0.6) is 0 Å². The van der Waals surface area contributed by atoms with E-state index in [9.17, 15) is 24.6 Å². The molecule has 5 heteroatoms. The third-order valence-corrected chi connectivity index (χ3v) is 5.49. The molecule has 0 aromatic heterocycles. The summed E-state index contributed by atoms with van der Waals surface area (Å²) in [4.78, 5) is 34.1. The Bertz CT molecular complexity index is 1170. The van der Waals surface area contributed by atoms with Crippen LogP contribution in [0.1, 0.15) is 38.0 Å². The molecule has 0 radical (unpaired) electrons. The van der Waals surface area contributed by atoms with Gasteiger partial charge in [-0.3, -0.25) is 4.79 Å². The molecule has 0 aliphatic carbocycles. The highest BCUT2D eigenvalue weighted by Gasteiger charge is 2.10. The minimum Gasteiger partial charge on any atom is -0.478 e. The Balaban J connectivity index is 1.84. The number of rotatable bonds is 6. The molecule has 4 aromatic rings. The maximum atomic E-state index is 11.6. The van der Waals surface area contributed by atoms with Crippen LogP contribution in [0.2, 0.25) is 0 Å². The molecule has 4 aromatic carbocycles. The molecule has 0 aliphatic heterocycles. The summed E-state index contributed by atoms with van der Waals surface area (Å²) in [6.45, 7) is 1.52. The molecule has 33 heavy (non-hydrogen) atoms. The average Bonchev–Trinajstić information content (AvgIpc) is 2.84. The van der Waals surface area contributed by atoms with Crippen LogP contribution >= 0.6 is 0 Å². The molecular weight excluding hydrogens is 416 g/mol. The van der Waals surface area contributed by atoms with Gasteiger partial charge in [0.2, 0.25) is 0 Å². The molecule has 0 heterocycles. The number of Topliss-reactive ketones (excluding diaryl/α,β-unsaturated/α-hetero) is 1. The lowest BCUT2D eigenvalue weighted by molar-refractivity contribution is 0.0686. The van der Waals surface area contributed by atoms with Crippen molar-refractivity contribution in [1.29, 1.82) is 0 Å². The van der Waals surface area contributed by atoms with E-state index >= 15 is 0 Å². The Kier molecular flexibility index (Phi) is 5.87. The first-order valence-corrected chi connectivity index (χ1v) is 10.3. The number of hydrogen-bond acceptors (Lipinski definition) is 3. The second-order valence-electron chi connectivity index (χ2n) is 7.70. The highest BCUT2D eigenvalue weighted by molar-refractivity contribution is 5.95. The molecule has 0 amide bonds. The summed E-state index contributed by atoms with van der Waals surface area (Å²) in [6.07, 6.45) is 0. The average molecular weight is 436 g/mol. The van der Waals surface area contributed by atoms with E-state index in [0.717, 1.165) is 33.4 Å². The molecular formula is C28H20O5. The van der Waals surface area contributed by atoms with Gasteiger partial charge in [-0.15, -0.1) is 0 Å². The van der Waals surface area contributed by atoms with Gasteiger partial charge in [0.15, 0.2) is 5.78 Å². The van der Waals surface area contributed by atoms with Gasteiger partial charge in [-0.1, -0.05) is 48.5 Å². The van der Waals surface area contributed by atoms with Crippen LogP contribution in [0.15, 0.2) is 91.0 Å². The molecule has 5 nitrogen and oxygen atoms in total. The molecule has 0 saturated carbocycles. The number of carbonyl (C=O) groups is 3. The first-order chi connectivity index (χ1) is 15.8. The van der Waals surface area contributed by atoms with E-state index in [1.807, 2.05) is 30.3 Å². The fourth-order valence-corrected chi connectivity index (χ4v) is 3.64. The number of benzene rings is 4. The van der Waals surface area contributed by atoms with E-state index in [1.54, 1.807) is 60.7 Å². The van der Waals surface area contributed by atoms with Crippen molar-refractivity contribution in [3.63, 3.8) is 0 Å².